The van der Waals surface area contributed by atoms with Crippen LogP contribution in [0.25, 0.3) is 0 Å². The maximum absolute atomic E-state index is 13.2. The molecule has 1 aromatic carbocycles. The third-order valence-corrected chi connectivity index (χ3v) is 4.41. The molecule has 1 aliphatic rings. The minimum atomic E-state index is -0.498. The van der Waals surface area contributed by atoms with Crippen molar-refractivity contribution in [2.24, 2.45) is 0 Å². The fourth-order valence-electron chi connectivity index (χ4n) is 3.01. The van der Waals surface area contributed by atoms with E-state index in [9.17, 15) is 14.0 Å². The van der Waals surface area contributed by atoms with E-state index in [1.807, 2.05) is 0 Å². The third kappa shape index (κ3) is 5.48. The summed E-state index contributed by atoms with van der Waals surface area (Å²) in [5, 5.41) is 5.42. The quantitative estimate of drug-likeness (QED) is 0.756. The first-order valence-corrected chi connectivity index (χ1v) is 9.12. The molecule has 0 bridgehead atoms. The monoisotopic (exact) mass is 367 g/mol. The Balaban J connectivity index is 1.58. The zero-order valence-corrected chi connectivity index (χ0v) is 15.0. The number of hydrogen-bond donors (Lipinski definition) is 2. The van der Waals surface area contributed by atoms with Crippen molar-refractivity contribution in [3.05, 3.63) is 71.3 Å². The van der Waals surface area contributed by atoms with Gasteiger partial charge in [-0.3, -0.25) is 9.59 Å². The van der Waals surface area contributed by atoms with E-state index >= 15 is 0 Å². The van der Waals surface area contributed by atoms with E-state index in [1.54, 1.807) is 18.2 Å². The Morgan fingerprint density at radius 3 is 2.56 bits per heavy atom. The number of carbonyl (C=O) groups is 2. The van der Waals surface area contributed by atoms with Crippen molar-refractivity contribution < 1.29 is 14.0 Å². The van der Waals surface area contributed by atoms with Crippen molar-refractivity contribution in [3.63, 3.8) is 0 Å². The molecule has 0 fully saturated rings. The highest BCUT2D eigenvalue weighted by Crippen LogP contribution is 2.19. The van der Waals surface area contributed by atoms with Crippen LogP contribution >= 0.6 is 0 Å². The van der Waals surface area contributed by atoms with Crippen molar-refractivity contribution in [3.8, 4) is 0 Å². The molecule has 0 spiro atoms. The lowest BCUT2D eigenvalue weighted by atomic mass is 9.97. The number of amides is 2. The SMILES string of the molecule is O=C(NCCC1=CCCCC1)c1cccc(C(=O)Nc2cccc(F)c2)n1. The number of carbonyl (C=O) groups excluding carboxylic acids is 2. The van der Waals surface area contributed by atoms with Crippen molar-refractivity contribution >= 4 is 17.5 Å². The zero-order valence-electron chi connectivity index (χ0n) is 15.0. The standard InChI is InChI=1S/C21H22FN3O2/c22-16-8-4-9-17(14-16)24-21(27)19-11-5-10-18(25-19)20(26)23-13-12-15-6-2-1-3-7-15/h4-6,8-11,14H,1-3,7,12-13H2,(H,23,26)(H,24,27). The van der Waals surface area contributed by atoms with Crippen LogP contribution in [0.4, 0.5) is 10.1 Å². The third-order valence-electron chi connectivity index (χ3n) is 4.41. The molecular weight excluding hydrogens is 345 g/mol. The summed E-state index contributed by atoms with van der Waals surface area (Å²) in [6.45, 7) is 0.548. The number of allylic oxidation sites excluding steroid dienone is 1. The fraction of sp³-hybridized carbons (Fsp3) is 0.286. The van der Waals surface area contributed by atoms with Gasteiger partial charge in [-0.2, -0.15) is 0 Å². The molecule has 0 saturated carbocycles. The van der Waals surface area contributed by atoms with E-state index in [4.69, 9.17) is 0 Å². The van der Waals surface area contributed by atoms with Gasteiger partial charge in [0.25, 0.3) is 11.8 Å². The Kier molecular flexibility index (Phi) is 6.30. The van der Waals surface area contributed by atoms with Crippen LogP contribution in [-0.4, -0.2) is 23.3 Å². The molecule has 1 aliphatic carbocycles. The topological polar surface area (TPSA) is 71.1 Å². The molecule has 6 heteroatoms. The molecule has 0 unspecified atom stereocenters. The first-order chi connectivity index (χ1) is 13.1. The molecule has 1 aromatic heterocycles. The maximum Gasteiger partial charge on any atom is 0.274 e. The molecule has 0 saturated heterocycles. The summed E-state index contributed by atoms with van der Waals surface area (Å²) in [5.74, 6) is -1.25. The van der Waals surface area contributed by atoms with Gasteiger partial charge in [-0.05, 0) is 62.4 Å². The Morgan fingerprint density at radius 2 is 1.81 bits per heavy atom. The molecule has 5 nitrogen and oxygen atoms in total. The molecule has 0 radical (unpaired) electrons. The van der Waals surface area contributed by atoms with E-state index in [2.05, 4.69) is 21.7 Å². The second kappa shape index (κ2) is 9.07. The first-order valence-electron chi connectivity index (χ1n) is 9.12. The minimum absolute atomic E-state index is 0.0990. The second-order valence-electron chi connectivity index (χ2n) is 6.49. The van der Waals surface area contributed by atoms with E-state index in [0.29, 0.717) is 12.2 Å². The van der Waals surface area contributed by atoms with Gasteiger partial charge in [-0.1, -0.05) is 23.8 Å². The molecule has 1 heterocycles. The average Bonchev–Trinajstić information content (AvgIpc) is 2.69. The molecule has 3 rings (SSSR count). The number of halogens is 1. The normalized spacial score (nSPS) is 13.6. The van der Waals surface area contributed by atoms with Crippen molar-refractivity contribution in [2.75, 3.05) is 11.9 Å². The smallest absolute Gasteiger partial charge is 0.274 e. The van der Waals surface area contributed by atoms with Crippen LogP contribution in [0.1, 0.15) is 53.1 Å². The molecular formula is C21H22FN3O2. The average molecular weight is 367 g/mol. The number of anilines is 1. The summed E-state index contributed by atoms with van der Waals surface area (Å²) in [4.78, 5) is 28.7. The first kappa shape index (κ1) is 18.8. The number of nitrogens with zero attached hydrogens (tertiary/aromatic N) is 1. The van der Waals surface area contributed by atoms with Gasteiger partial charge in [-0.15, -0.1) is 0 Å². The number of rotatable bonds is 6. The summed E-state index contributed by atoms with van der Waals surface area (Å²) < 4.78 is 13.2. The lowest BCUT2D eigenvalue weighted by Gasteiger charge is -2.13. The van der Waals surface area contributed by atoms with Crippen molar-refractivity contribution in [1.82, 2.24) is 10.3 Å². The summed E-state index contributed by atoms with van der Waals surface area (Å²) in [5.41, 5.74) is 2.00. The number of hydrogen-bond acceptors (Lipinski definition) is 3. The van der Waals surface area contributed by atoms with Crippen molar-refractivity contribution in [1.29, 1.82) is 0 Å². The van der Waals surface area contributed by atoms with Crippen molar-refractivity contribution in [2.45, 2.75) is 32.1 Å². The summed E-state index contributed by atoms with van der Waals surface area (Å²) in [7, 11) is 0. The van der Waals surface area contributed by atoms with Gasteiger partial charge in [0.1, 0.15) is 17.2 Å². The van der Waals surface area contributed by atoms with Gasteiger partial charge in [0.2, 0.25) is 0 Å². The highest BCUT2D eigenvalue weighted by molar-refractivity contribution is 6.03. The van der Waals surface area contributed by atoms with E-state index in [-0.39, 0.29) is 17.3 Å². The molecule has 0 atom stereocenters. The van der Waals surface area contributed by atoms with Gasteiger partial charge in [0, 0.05) is 12.2 Å². The van der Waals surface area contributed by atoms with Gasteiger partial charge in [-0.25, -0.2) is 9.37 Å². The number of aromatic nitrogens is 1. The summed E-state index contributed by atoms with van der Waals surface area (Å²) in [6, 6.07) is 10.3. The van der Waals surface area contributed by atoms with Gasteiger partial charge in [0.05, 0.1) is 0 Å². The van der Waals surface area contributed by atoms with Crippen LogP contribution in [0.5, 0.6) is 0 Å². The Bertz CT molecular complexity index is 864. The fourth-order valence-corrected chi connectivity index (χ4v) is 3.01. The van der Waals surface area contributed by atoms with Crippen LogP contribution in [0, 0.1) is 5.82 Å². The Morgan fingerprint density at radius 1 is 1.04 bits per heavy atom. The predicted molar refractivity (Wildman–Crippen MR) is 102 cm³/mol. The number of nitrogens with one attached hydrogen (secondary N) is 2. The lowest BCUT2D eigenvalue weighted by molar-refractivity contribution is 0.0949. The van der Waals surface area contributed by atoms with E-state index < -0.39 is 11.7 Å². The minimum Gasteiger partial charge on any atom is -0.350 e. The Hall–Kier alpha value is -3.02. The number of benzene rings is 1. The van der Waals surface area contributed by atoms with Crippen LogP contribution in [-0.2, 0) is 0 Å². The molecule has 2 aromatic rings. The maximum atomic E-state index is 13.2. The predicted octanol–water partition coefficient (Wildman–Crippen LogP) is 4.09. The van der Waals surface area contributed by atoms with Gasteiger partial charge < -0.3 is 10.6 Å². The zero-order chi connectivity index (χ0) is 19.1. The number of pyridine rings is 1. The molecule has 2 N–H and O–H groups in total. The van der Waals surface area contributed by atoms with Crippen LogP contribution < -0.4 is 10.6 Å². The van der Waals surface area contributed by atoms with Gasteiger partial charge in [0.15, 0.2) is 0 Å². The van der Waals surface area contributed by atoms with E-state index in [1.165, 1.54) is 42.7 Å². The largest absolute Gasteiger partial charge is 0.350 e. The summed E-state index contributed by atoms with van der Waals surface area (Å²) >= 11 is 0. The highest BCUT2D eigenvalue weighted by Gasteiger charge is 2.13. The molecule has 0 aliphatic heterocycles. The molecule has 2 amide bonds. The van der Waals surface area contributed by atoms with Gasteiger partial charge >= 0.3 is 0 Å². The van der Waals surface area contributed by atoms with Crippen LogP contribution in [0.2, 0.25) is 0 Å². The molecule has 140 valence electrons. The Labute approximate surface area is 157 Å². The second-order valence-corrected chi connectivity index (χ2v) is 6.49. The molecule has 27 heavy (non-hydrogen) atoms. The van der Waals surface area contributed by atoms with Crippen LogP contribution in [0.3, 0.4) is 0 Å². The van der Waals surface area contributed by atoms with E-state index in [0.717, 1.165) is 19.3 Å². The van der Waals surface area contributed by atoms with Crippen LogP contribution in [0.15, 0.2) is 54.1 Å². The summed E-state index contributed by atoms with van der Waals surface area (Å²) in [6.07, 6.45) is 7.77. The highest BCUT2D eigenvalue weighted by atomic mass is 19.1. The lowest BCUT2D eigenvalue weighted by Crippen LogP contribution is -2.26.